The molecule has 2 rings (SSSR count). The summed E-state index contributed by atoms with van der Waals surface area (Å²) in [4.78, 5) is 0. The molecule has 0 amide bonds. The Morgan fingerprint density at radius 1 is 1.11 bits per heavy atom. The molecule has 0 aliphatic carbocycles. The summed E-state index contributed by atoms with van der Waals surface area (Å²) >= 11 is 0. The summed E-state index contributed by atoms with van der Waals surface area (Å²) < 4.78 is 28.6. The lowest BCUT2D eigenvalue weighted by molar-refractivity contribution is 0.412. The first kappa shape index (κ1) is 17.2. The van der Waals surface area contributed by atoms with Crippen LogP contribution in [0.1, 0.15) is 44.9 Å². The molecule has 7 heteroatoms. The van der Waals surface area contributed by atoms with Crippen LogP contribution < -0.4 is 10.0 Å². The third-order valence-electron chi connectivity index (χ3n) is 3.84. The van der Waals surface area contributed by atoms with Gasteiger partial charge in [-0.1, -0.05) is 12.8 Å². The molecule has 0 radical (unpaired) electrons. The molecule has 0 aromatic heterocycles. The van der Waals surface area contributed by atoms with Gasteiger partial charge in [-0.2, -0.15) is 12.7 Å². The summed E-state index contributed by atoms with van der Waals surface area (Å²) in [6.07, 6.45) is 7.56. The Bertz CT molecular complexity index is 337. The average Bonchev–Trinajstić information content (AvgIpc) is 2.68. The maximum Gasteiger partial charge on any atom is 0.279 e. The van der Waals surface area contributed by atoms with Crippen molar-refractivity contribution in [3.63, 3.8) is 0 Å². The fourth-order valence-corrected chi connectivity index (χ4v) is 4.04. The predicted molar refractivity (Wildman–Crippen MR) is 79.9 cm³/mol. The molecule has 0 saturated carbocycles. The van der Waals surface area contributed by atoms with E-state index in [1.54, 1.807) is 4.31 Å². The highest BCUT2D eigenvalue weighted by Crippen LogP contribution is 2.13. The van der Waals surface area contributed by atoms with Gasteiger partial charge < -0.3 is 5.32 Å². The Morgan fingerprint density at radius 3 is 2.37 bits per heavy atom. The Kier molecular flexibility index (Phi) is 7.61. The van der Waals surface area contributed by atoms with Gasteiger partial charge in [0.05, 0.1) is 0 Å². The summed E-state index contributed by atoms with van der Waals surface area (Å²) in [5.41, 5.74) is 0. The highest BCUT2D eigenvalue weighted by molar-refractivity contribution is 7.87. The topological polar surface area (TPSA) is 61.4 Å². The number of nitrogens with zero attached hydrogens (tertiary/aromatic N) is 1. The largest absolute Gasteiger partial charge is 0.314 e. The van der Waals surface area contributed by atoms with E-state index in [-0.39, 0.29) is 12.4 Å². The molecular weight excluding hydrogens is 286 g/mol. The van der Waals surface area contributed by atoms with E-state index in [4.69, 9.17) is 0 Å². The van der Waals surface area contributed by atoms with Gasteiger partial charge in [0.1, 0.15) is 0 Å². The minimum absolute atomic E-state index is 0. The van der Waals surface area contributed by atoms with Gasteiger partial charge in [-0.05, 0) is 38.6 Å². The first-order chi connectivity index (χ1) is 8.68. The number of nitrogens with one attached hydrogen (secondary N) is 2. The van der Waals surface area contributed by atoms with Crippen LogP contribution in [0.3, 0.4) is 0 Å². The van der Waals surface area contributed by atoms with Crippen LogP contribution in [0, 0.1) is 0 Å². The van der Waals surface area contributed by atoms with Gasteiger partial charge in [-0.25, -0.2) is 4.72 Å². The normalized spacial score (nSPS) is 25.8. The molecular formula is C12H26ClN3O2S. The second kappa shape index (κ2) is 8.42. The van der Waals surface area contributed by atoms with Crippen molar-refractivity contribution in [1.29, 1.82) is 0 Å². The molecule has 1 atom stereocenters. The number of hydrogen-bond donors (Lipinski definition) is 2. The summed E-state index contributed by atoms with van der Waals surface area (Å²) in [6, 6.07) is 0.497. The van der Waals surface area contributed by atoms with Crippen LogP contribution in [0.4, 0.5) is 0 Å². The van der Waals surface area contributed by atoms with Gasteiger partial charge in [-0.3, -0.25) is 0 Å². The maximum atomic E-state index is 12.1. The van der Waals surface area contributed by atoms with Gasteiger partial charge in [0.25, 0.3) is 10.2 Å². The Balaban J connectivity index is 0.00000180. The van der Waals surface area contributed by atoms with E-state index >= 15 is 0 Å². The quantitative estimate of drug-likeness (QED) is 0.803. The van der Waals surface area contributed by atoms with Crippen LogP contribution >= 0.6 is 12.4 Å². The monoisotopic (exact) mass is 311 g/mol. The van der Waals surface area contributed by atoms with Crippen molar-refractivity contribution in [2.24, 2.45) is 0 Å². The van der Waals surface area contributed by atoms with Crippen LogP contribution in [0.25, 0.3) is 0 Å². The number of halogens is 1. The second-order valence-electron chi connectivity index (χ2n) is 5.29. The standard InChI is InChI=1S/C12H25N3O2S.ClH/c16-18(17,15-10-3-1-2-4-11-15)14-9-7-12-6-5-8-13-12;/h12-14H,1-11H2;1H/t12-;/m1./s1. The van der Waals surface area contributed by atoms with E-state index in [2.05, 4.69) is 10.0 Å². The van der Waals surface area contributed by atoms with Gasteiger partial charge in [0, 0.05) is 25.7 Å². The van der Waals surface area contributed by atoms with E-state index < -0.39 is 10.2 Å². The Labute approximate surface area is 123 Å². The average molecular weight is 312 g/mol. The van der Waals surface area contributed by atoms with Crippen molar-refractivity contribution in [2.45, 2.75) is 51.0 Å². The van der Waals surface area contributed by atoms with Crippen molar-refractivity contribution < 1.29 is 8.42 Å². The van der Waals surface area contributed by atoms with Crippen LogP contribution in [0.5, 0.6) is 0 Å². The molecule has 0 aromatic rings. The fraction of sp³-hybridized carbons (Fsp3) is 1.00. The molecule has 2 saturated heterocycles. The molecule has 2 fully saturated rings. The lowest BCUT2D eigenvalue weighted by Gasteiger charge is -2.20. The molecule has 0 spiro atoms. The third kappa shape index (κ3) is 5.55. The summed E-state index contributed by atoms with van der Waals surface area (Å²) in [5.74, 6) is 0. The number of rotatable bonds is 5. The van der Waals surface area contributed by atoms with Gasteiger partial charge in [-0.15, -0.1) is 12.4 Å². The van der Waals surface area contributed by atoms with Crippen molar-refractivity contribution in [1.82, 2.24) is 14.3 Å². The van der Waals surface area contributed by atoms with Gasteiger partial charge in [0.2, 0.25) is 0 Å². The first-order valence-electron chi connectivity index (χ1n) is 7.16. The van der Waals surface area contributed by atoms with E-state index in [1.807, 2.05) is 0 Å². The zero-order valence-electron chi connectivity index (χ0n) is 11.4. The molecule has 2 heterocycles. The molecule has 5 nitrogen and oxygen atoms in total. The van der Waals surface area contributed by atoms with E-state index in [1.165, 1.54) is 12.8 Å². The Hall–Kier alpha value is 0.120. The van der Waals surface area contributed by atoms with Crippen LogP contribution in [-0.4, -0.2) is 44.9 Å². The molecule has 2 N–H and O–H groups in total. The maximum absolute atomic E-state index is 12.1. The Morgan fingerprint density at radius 2 is 1.79 bits per heavy atom. The molecule has 19 heavy (non-hydrogen) atoms. The van der Waals surface area contributed by atoms with E-state index in [0.29, 0.717) is 25.7 Å². The van der Waals surface area contributed by atoms with Crippen molar-refractivity contribution in [3.05, 3.63) is 0 Å². The van der Waals surface area contributed by atoms with Gasteiger partial charge >= 0.3 is 0 Å². The zero-order chi connectivity index (χ0) is 12.8. The molecule has 2 aliphatic rings. The first-order valence-corrected chi connectivity index (χ1v) is 8.60. The number of hydrogen-bond acceptors (Lipinski definition) is 3. The second-order valence-corrected chi connectivity index (χ2v) is 7.05. The van der Waals surface area contributed by atoms with Crippen molar-refractivity contribution in [3.8, 4) is 0 Å². The predicted octanol–water partition coefficient (Wildman–Crippen LogP) is 1.26. The van der Waals surface area contributed by atoms with Crippen LogP contribution in [0.2, 0.25) is 0 Å². The fourth-order valence-electron chi connectivity index (χ4n) is 2.74. The van der Waals surface area contributed by atoms with Crippen molar-refractivity contribution in [2.75, 3.05) is 26.2 Å². The smallest absolute Gasteiger partial charge is 0.279 e. The van der Waals surface area contributed by atoms with Gasteiger partial charge in [0.15, 0.2) is 0 Å². The van der Waals surface area contributed by atoms with Crippen LogP contribution in [-0.2, 0) is 10.2 Å². The lowest BCUT2D eigenvalue weighted by Crippen LogP contribution is -2.42. The SMILES string of the molecule is Cl.O=S(=O)(NCC[C@H]1CCCN1)N1CCCCCC1. The zero-order valence-corrected chi connectivity index (χ0v) is 13.1. The summed E-state index contributed by atoms with van der Waals surface area (Å²) in [6.45, 7) is 2.98. The molecule has 0 aromatic carbocycles. The highest BCUT2D eigenvalue weighted by Gasteiger charge is 2.23. The lowest BCUT2D eigenvalue weighted by atomic mass is 10.2. The minimum atomic E-state index is -3.24. The molecule has 0 bridgehead atoms. The van der Waals surface area contributed by atoms with Crippen molar-refractivity contribution >= 4 is 22.6 Å². The van der Waals surface area contributed by atoms with E-state index in [9.17, 15) is 8.42 Å². The summed E-state index contributed by atoms with van der Waals surface area (Å²) in [7, 11) is -3.24. The summed E-state index contributed by atoms with van der Waals surface area (Å²) in [5, 5.41) is 3.38. The third-order valence-corrected chi connectivity index (χ3v) is 5.46. The van der Waals surface area contributed by atoms with E-state index in [0.717, 1.165) is 38.6 Å². The molecule has 114 valence electrons. The highest BCUT2D eigenvalue weighted by atomic mass is 35.5. The van der Waals surface area contributed by atoms with Crippen LogP contribution in [0.15, 0.2) is 0 Å². The molecule has 0 unspecified atom stereocenters. The minimum Gasteiger partial charge on any atom is -0.314 e. The molecule has 2 aliphatic heterocycles.